The van der Waals surface area contributed by atoms with Crippen molar-refractivity contribution in [1.29, 1.82) is 0 Å². The molecule has 0 radical (unpaired) electrons. The first-order valence-corrected chi connectivity index (χ1v) is 6.08. The third kappa shape index (κ3) is 3.32. The molecule has 0 spiro atoms. The van der Waals surface area contributed by atoms with Crippen LogP contribution in [0.25, 0.3) is 0 Å². The van der Waals surface area contributed by atoms with Crippen LogP contribution in [0.4, 0.5) is 0 Å². The molecule has 0 saturated heterocycles. The molecule has 0 aliphatic heterocycles. The van der Waals surface area contributed by atoms with Crippen LogP contribution in [0.2, 0.25) is 0 Å². The lowest BCUT2D eigenvalue weighted by atomic mass is 9.97. The van der Waals surface area contributed by atoms with Gasteiger partial charge in [0.15, 0.2) is 0 Å². The summed E-state index contributed by atoms with van der Waals surface area (Å²) in [7, 11) is 0. The van der Waals surface area contributed by atoms with Crippen LogP contribution in [-0.4, -0.2) is 23.2 Å². The number of amides is 1. The second kappa shape index (κ2) is 5.28. The van der Waals surface area contributed by atoms with Gasteiger partial charge in [-0.1, -0.05) is 13.8 Å². The summed E-state index contributed by atoms with van der Waals surface area (Å²) in [4.78, 5) is 11.6. The first kappa shape index (κ1) is 12.2. The molecule has 0 atom stereocenters. The van der Waals surface area contributed by atoms with E-state index in [1.165, 1.54) is 11.3 Å². The minimum Gasteiger partial charge on any atom is -0.388 e. The molecule has 1 heterocycles. The third-order valence-electron chi connectivity index (χ3n) is 2.68. The third-order valence-corrected chi connectivity index (χ3v) is 3.36. The van der Waals surface area contributed by atoms with Gasteiger partial charge < -0.3 is 10.4 Å². The van der Waals surface area contributed by atoms with Crippen LogP contribution >= 0.6 is 11.3 Å². The van der Waals surface area contributed by atoms with Gasteiger partial charge in [0.2, 0.25) is 0 Å². The van der Waals surface area contributed by atoms with Gasteiger partial charge in [-0.2, -0.15) is 11.3 Å². The summed E-state index contributed by atoms with van der Waals surface area (Å²) in [5.74, 6) is -0.114. The minimum absolute atomic E-state index is 0.114. The molecular weight excluding hydrogens is 210 g/mol. The first-order valence-electron chi connectivity index (χ1n) is 5.14. The molecular formula is C11H17NO2S. The number of hydrogen-bond donors (Lipinski definition) is 2. The highest BCUT2D eigenvalue weighted by molar-refractivity contribution is 7.08. The van der Waals surface area contributed by atoms with Crippen LogP contribution in [0.15, 0.2) is 16.8 Å². The molecule has 0 fully saturated rings. The molecule has 0 unspecified atom stereocenters. The molecule has 0 bridgehead atoms. The van der Waals surface area contributed by atoms with Gasteiger partial charge in [-0.15, -0.1) is 0 Å². The van der Waals surface area contributed by atoms with E-state index in [-0.39, 0.29) is 5.91 Å². The molecule has 0 aliphatic carbocycles. The minimum atomic E-state index is -0.772. The van der Waals surface area contributed by atoms with Gasteiger partial charge in [0.05, 0.1) is 5.60 Å². The van der Waals surface area contributed by atoms with Gasteiger partial charge in [-0.3, -0.25) is 4.79 Å². The first-order chi connectivity index (χ1) is 7.11. The molecule has 1 aromatic heterocycles. The lowest BCUT2D eigenvalue weighted by Gasteiger charge is -2.25. The molecule has 1 rings (SSSR count). The normalized spacial score (nSPS) is 11.4. The average Bonchev–Trinajstić information content (AvgIpc) is 2.79. The van der Waals surface area contributed by atoms with Crippen molar-refractivity contribution < 1.29 is 9.90 Å². The van der Waals surface area contributed by atoms with E-state index in [1.54, 1.807) is 11.4 Å². The van der Waals surface area contributed by atoms with Gasteiger partial charge in [-0.05, 0) is 24.3 Å². The van der Waals surface area contributed by atoms with E-state index in [0.29, 0.717) is 24.9 Å². The molecule has 1 aromatic rings. The zero-order valence-electron chi connectivity index (χ0n) is 9.12. The standard InChI is InChI=1S/C11H17NO2S/c1-3-11(14,4-2)8-12-10(13)9-5-6-15-7-9/h5-7,14H,3-4,8H2,1-2H3,(H,12,13). The van der Waals surface area contributed by atoms with Crippen molar-refractivity contribution in [3.05, 3.63) is 22.4 Å². The molecule has 0 saturated carbocycles. The maximum atomic E-state index is 11.6. The summed E-state index contributed by atoms with van der Waals surface area (Å²) in [5, 5.41) is 16.4. The number of thiophene rings is 1. The van der Waals surface area contributed by atoms with E-state index in [4.69, 9.17) is 0 Å². The van der Waals surface area contributed by atoms with Gasteiger partial charge in [-0.25, -0.2) is 0 Å². The smallest absolute Gasteiger partial charge is 0.252 e. The SMILES string of the molecule is CCC(O)(CC)CNC(=O)c1ccsc1. The predicted octanol–water partition coefficient (Wildman–Crippen LogP) is 2.03. The highest BCUT2D eigenvalue weighted by atomic mass is 32.1. The molecule has 3 nitrogen and oxygen atoms in total. The zero-order chi connectivity index (χ0) is 11.3. The van der Waals surface area contributed by atoms with Crippen molar-refractivity contribution in [3.8, 4) is 0 Å². The van der Waals surface area contributed by atoms with Crippen LogP contribution < -0.4 is 5.32 Å². The average molecular weight is 227 g/mol. The number of carbonyl (C=O) groups excluding carboxylic acids is 1. The van der Waals surface area contributed by atoms with Crippen LogP contribution in [-0.2, 0) is 0 Å². The van der Waals surface area contributed by atoms with Gasteiger partial charge in [0.1, 0.15) is 0 Å². The van der Waals surface area contributed by atoms with E-state index in [2.05, 4.69) is 5.32 Å². The van der Waals surface area contributed by atoms with Crippen molar-refractivity contribution in [1.82, 2.24) is 5.32 Å². The summed E-state index contributed by atoms with van der Waals surface area (Å²) in [5.41, 5.74) is -0.111. The van der Waals surface area contributed by atoms with Gasteiger partial charge >= 0.3 is 0 Å². The summed E-state index contributed by atoms with van der Waals surface area (Å²) in [6.45, 7) is 4.15. The van der Waals surface area contributed by atoms with Crippen LogP contribution in [0.5, 0.6) is 0 Å². The van der Waals surface area contributed by atoms with Crippen molar-refractivity contribution in [3.63, 3.8) is 0 Å². The topological polar surface area (TPSA) is 49.3 Å². The Morgan fingerprint density at radius 1 is 1.53 bits per heavy atom. The molecule has 84 valence electrons. The molecule has 4 heteroatoms. The Hall–Kier alpha value is -0.870. The number of hydrogen-bond acceptors (Lipinski definition) is 3. The Morgan fingerprint density at radius 2 is 2.20 bits per heavy atom. The Kier molecular flexibility index (Phi) is 4.29. The molecule has 0 aromatic carbocycles. The summed E-state index contributed by atoms with van der Waals surface area (Å²) in [6, 6.07) is 1.77. The Labute approximate surface area is 94.1 Å². The summed E-state index contributed by atoms with van der Waals surface area (Å²) >= 11 is 1.49. The highest BCUT2D eigenvalue weighted by Gasteiger charge is 2.22. The molecule has 1 amide bonds. The largest absolute Gasteiger partial charge is 0.388 e. The van der Waals surface area contributed by atoms with E-state index in [1.807, 2.05) is 19.2 Å². The molecule has 2 N–H and O–H groups in total. The number of aliphatic hydroxyl groups is 1. The lowest BCUT2D eigenvalue weighted by Crippen LogP contribution is -2.41. The fourth-order valence-corrected chi connectivity index (χ4v) is 1.88. The predicted molar refractivity (Wildman–Crippen MR) is 62.2 cm³/mol. The van der Waals surface area contributed by atoms with Crippen molar-refractivity contribution in [2.75, 3.05) is 6.54 Å². The Morgan fingerprint density at radius 3 is 2.67 bits per heavy atom. The van der Waals surface area contributed by atoms with E-state index in [9.17, 15) is 9.90 Å². The van der Waals surface area contributed by atoms with Crippen molar-refractivity contribution in [2.24, 2.45) is 0 Å². The summed E-state index contributed by atoms with van der Waals surface area (Å²) < 4.78 is 0. The fraction of sp³-hybridized carbons (Fsp3) is 0.545. The second-order valence-corrected chi connectivity index (χ2v) is 4.41. The van der Waals surface area contributed by atoms with E-state index < -0.39 is 5.60 Å². The van der Waals surface area contributed by atoms with E-state index >= 15 is 0 Å². The van der Waals surface area contributed by atoms with Crippen LogP contribution in [0.1, 0.15) is 37.0 Å². The van der Waals surface area contributed by atoms with Crippen molar-refractivity contribution in [2.45, 2.75) is 32.3 Å². The monoisotopic (exact) mass is 227 g/mol. The zero-order valence-corrected chi connectivity index (χ0v) is 9.93. The number of nitrogens with one attached hydrogen (secondary N) is 1. The molecule has 15 heavy (non-hydrogen) atoms. The van der Waals surface area contributed by atoms with Crippen LogP contribution in [0.3, 0.4) is 0 Å². The quantitative estimate of drug-likeness (QED) is 0.808. The summed E-state index contributed by atoms with van der Waals surface area (Å²) in [6.07, 6.45) is 1.29. The van der Waals surface area contributed by atoms with Crippen LogP contribution in [0, 0.1) is 0 Å². The lowest BCUT2D eigenvalue weighted by molar-refractivity contribution is 0.0314. The maximum absolute atomic E-state index is 11.6. The van der Waals surface area contributed by atoms with Gasteiger partial charge in [0.25, 0.3) is 5.91 Å². The fourth-order valence-electron chi connectivity index (χ4n) is 1.24. The second-order valence-electron chi connectivity index (χ2n) is 3.63. The Bertz CT molecular complexity index is 304. The van der Waals surface area contributed by atoms with E-state index in [0.717, 1.165) is 0 Å². The molecule has 0 aliphatic rings. The van der Waals surface area contributed by atoms with Gasteiger partial charge in [0, 0.05) is 17.5 Å². The number of carbonyl (C=O) groups is 1. The highest BCUT2D eigenvalue weighted by Crippen LogP contribution is 2.13. The van der Waals surface area contributed by atoms with Crippen molar-refractivity contribution >= 4 is 17.2 Å². The maximum Gasteiger partial charge on any atom is 0.252 e. The Balaban J connectivity index is 2.47. The number of rotatable bonds is 5.